The largest absolute Gasteiger partial charge is 0.457 e. The Bertz CT molecular complexity index is 538. The van der Waals surface area contributed by atoms with Gasteiger partial charge in [0, 0.05) is 5.56 Å². The zero-order valence-corrected chi connectivity index (χ0v) is 9.68. The maximum absolute atomic E-state index is 8.74. The van der Waals surface area contributed by atoms with Crippen LogP contribution in [-0.4, -0.2) is 0 Å². The molecule has 0 heterocycles. The Morgan fingerprint density at radius 2 is 1.76 bits per heavy atom. The van der Waals surface area contributed by atoms with Gasteiger partial charge < -0.3 is 4.74 Å². The van der Waals surface area contributed by atoms with Crippen LogP contribution in [0.1, 0.15) is 11.1 Å². The van der Waals surface area contributed by atoms with Gasteiger partial charge in [-0.1, -0.05) is 35.9 Å². The average Bonchev–Trinajstić information content (AvgIpc) is 2.35. The normalized spacial score (nSPS) is 9.65. The minimum Gasteiger partial charge on any atom is -0.457 e. The highest BCUT2D eigenvalue weighted by atomic mass is 16.5. The first-order valence-electron chi connectivity index (χ1n) is 5.49. The van der Waals surface area contributed by atoms with E-state index in [4.69, 9.17) is 10.00 Å². The Morgan fingerprint density at radius 1 is 1.06 bits per heavy atom. The van der Waals surface area contributed by atoms with Crippen molar-refractivity contribution in [2.45, 2.75) is 13.3 Å². The third-order valence-corrected chi connectivity index (χ3v) is 2.49. The van der Waals surface area contributed by atoms with Crippen molar-refractivity contribution >= 4 is 0 Å². The smallest absolute Gasteiger partial charge is 0.131 e. The van der Waals surface area contributed by atoms with E-state index in [0.29, 0.717) is 6.42 Å². The fourth-order valence-corrected chi connectivity index (χ4v) is 1.57. The van der Waals surface area contributed by atoms with E-state index in [0.717, 1.165) is 17.1 Å². The monoisotopic (exact) mass is 223 g/mol. The number of rotatable bonds is 3. The summed E-state index contributed by atoms with van der Waals surface area (Å²) in [6.07, 6.45) is 0.363. The molecule has 84 valence electrons. The second-order valence-corrected chi connectivity index (χ2v) is 3.86. The standard InChI is InChI=1S/C15H13NO/c1-12-6-8-14(9-7-12)17-15-5-3-2-4-13(15)10-11-16/h2-9H,10H2,1H3. The number of benzene rings is 2. The predicted octanol–water partition coefficient (Wildman–Crippen LogP) is 3.85. The molecule has 2 nitrogen and oxygen atoms in total. The van der Waals surface area contributed by atoms with Gasteiger partial charge >= 0.3 is 0 Å². The van der Waals surface area contributed by atoms with Gasteiger partial charge in [0.15, 0.2) is 0 Å². The molecule has 2 rings (SSSR count). The van der Waals surface area contributed by atoms with Crippen LogP contribution in [0.3, 0.4) is 0 Å². The lowest BCUT2D eigenvalue weighted by atomic mass is 10.1. The maximum Gasteiger partial charge on any atom is 0.131 e. The molecule has 0 radical (unpaired) electrons. The second-order valence-electron chi connectivity index (χ2n) is 3.86. The number of aryl methyl sites for hydroxylation is 1. The quantitative estimate of drug-likeness (QED) is 0.791. The molecule has 0 N–H and O–H groups in total. The molecular weight excluding hydrogens is 210 g/mol. The molecule has 0 aliphatic carbocycles. The summed E-state index contributed by atoms with van der Waals surface area (Å²) in [5, 5.41) is 8.74. The number of nitrogens with zero attached hydrogens (tertiary/aromatic N) is 1. The van der Waals surface area contributed by atoms with Crippen LogP contribution < -0.4 is 4.74 Å². The molecule has 2 aromatic rings. The van der Waals surface area contributed by atoms with Crippen molar-refractivity contribution in [1.82, 2.24) is 0 Å². The third kappa shape index (κ3) is 2.85. The van der Waals surface area contributed by atoms with E-state index in [1.54, 1.807) is 0 Å². The molecule has 0 saturated carbocycles. The average molecular weight is 223 g/mol. The fourth-order valence-electron chi connectivity index (χ4n) is 1.57. The van der Waals surface area contributed by atoms with Gasteiger partial charge in [0.05, 0.1) is 12.5 Å². The molecule has 0 bridgehead atoms. The van der Waals surface area contributed by atoms with E-state index in [9.17, 15) is 0 Å². The van der Waals surface area contributed by atoms with Gasteiger partial charge in [0.2, 0.25) is 0 Å². The Balaban J connectivity index is 2.24. The lowest BCUT2D eigenvalue weighted by molar-refractivity contribution is 0.477. The molecule has 0 aliphatic rings. The van der Waals surface area contributed by atoms with Gasteiger partial charge in [-0.25, -0.2) is 0 Å². The van der Waals surface area contributed by atoms with Crippen molar-refractivity contribution in [3.05, 3.63) is 59.7 Å². The van der Waals surface area contributed by atoms with E-state index in [1.807, 2.05) is 55.5 Å². The number of ether oxygens (including phenoxy) is 1. The number of para-hydroxylation sites is 1. The van der Waals surface area contributed by atoms with Crippen LogP contribution in [0.5, 0.6) is 11.5 Å². The summed E-state index contributed by atoms with van der Waals surface area (Å²) in [4.78, 5) is 0. The SMILES string of the molecule is Cc1ccc(Oc2ccccc2CC#N)cc1. The maximum atomic E-state index is 8.74. The topological polar surface area (TPSA) is 33.0 Å². The first kappa shape index (κ1) is 11.2. The predicted molar refractivity (Wildman–Crippen MR) is 67.0 cm³/mol. The summed E-state index contributed by atoms with van der Waals surface area (Å²) in [6, 6.07) is 17.6. The van der Waals surface area contributed by atoms with Crippen molar-refractivity contribution in [2.24, 2.45) is 0 Å². The zero-order valence-electron chi connectivity index (χ0n) is 9.68. The van der Waals surface area contributed by atoms with Crippen molar-refractivity contribution in [3.63, 3.8) is 0 Å². The molecule has 0 saturated heterocycles. The van der Waals surface area contributed by atoms with E-state index in [-0.39, 0.29) is 0 Å². The summed E-state index contributed by atoms with van der Waals surface area (Å²) in [7, 11) is 0. The molecule has 2 aromatic carbocycles. The van der Waals surface area contributed by atoms with Crippen molar-refractivity contribution in [3.8, 4) is 17.6 Å². The Labute approximate surface area is 101 Å². The summed E-state index contributed by atoms with van der Waals surface area (Å²) < 4.78 is 5.77. The van der Waals surface area contributed by atoms with Crippen LogP contribution in [0.4, 0.5) is 0 Å². The highest BCUT2D eigenvalue weighted by molar-refractivity contribution is 5.39. The molecule has 0 unspecified atom stereocenters. The van der Waals surface area contributed by atoms with Crippen LogP contribution in [0.15, 0.2) is 48.5 Å². The summed E-state index contributed by atoms with van der Waals surface area (Å²) in [6.45, 7) is 2.04. The van der Waals surface area contributed by atoms with Crippen LogP contribution in [0.2, 0.25) is 0 Å². The summed E-state index contributed by atoms with van der Waals surface area (Å²) >= 11 is 0. The molecule has 2 heteroatoms. The summed E-state index contributed by atoms with van der Waals surface area (Å²) in [5.41, 5.74) is 2.11. The Morgan fingerprint density at radius 3 is 2.47 bits per heavy atom. The van der Waals surface area contributed by atoms with Gasteiger partial charge in [-0.05, 0) is 25.1 Å². The Kier molecular flexibility index (Phi) is 3.42. The molecule has 0 amide bonds. The van der Waals surface area contributed by atoms with E-state index in [1.165, 1.54) is 5.56 Å². The third-order valence-electron chi connectivity index (χ3n) is 2.49. The highest BCUT2D eigenvalue weighted by Gasteiger charge is 2.03. The molecule has 0 aromatic heterocycles. The van der Waals surface area contributed by atoms with Gasteiger partial charge in [0.1, 0.15) is 11.5 Å². The first-order chi connectivity index (χ1) is 8.29. The zero-order chi connectivity index (χ0) is 12.1. The van der Waals surface area contributed by atoms with E-state index >= 15 is 0 Å². The molecule has 0 atom stereocenters. The van der Waals surface area contributed by atoms with Crippen molar-refractivity contribution in [1.29, 1.82) is 5.26 Å². The molecule has 0 aliphatic heterocycles. The molecule has 17 heavy (non-hydrogen) atoms. The van der Waals surface area contributed by atoms with Gasteiger partial charge in [-0.15, -0.1) is 0 Å². The van der Waals surface area contributed by atoms with E-state index < -0.39 is 0 Å². The van der Waals surface area contributed by atoms with Gasteiger partial charge in [0.25, 0.3) is 0 Å². The van der Waals surface area contributed by atoms with Crippen LogP contribution >= 0.6 is 0 Å². The molecule has 0 spiro atoms. The minimum absolute atomic E-state index is 0.363. The lowest BCUT2D eigenvalue weighted by Crippen LogP contribution is -1.90. The summed E-state index contributed by atoms with van der Waals surface area (Å²) in [5.74, 6) is 1.54. The Hall–Kier alpha value is -2.27. The van der Waals surface area contributed by atoms with Crippen LogP contribution in [-0.2, 0) is 6.42 Å². The van der Waals surface area contributed by atoms with E-state index in [2.05, 4.69) is 6.07 Å². The highest BCUT2D eigenvalue weighted by Crippen LogP contribution is 2.25. The van der Waals surface area contributed by atoms with Crippen molar-refractivity contribution in [2.75, 3.05) is 0 Å². The van der Waals surface area contributed by atoms with Crippen molar-refractivity contribution < 1.29 is 4.74 Å². The van der Waals surface area contributed by atoms with Crippen LogP contribution in [0, 0.1) is 18.3 Å². The molecule has 0 fully saturated rings. The number of hydrogen-bond acceptors (Lipinski definition) is 2. The second kappa shape index (κ2) is 5.18. The molecular formula is C15H13NO. The fraction of sp³-hybridized carbons (Fsp3) is 0.133. The number of hydrogen-bond donors (Lipinski definition) is 0. The van der Waals surface area contributed by atoms with Gasteiger partial charge in [-0.2, -0.15) is 5.26 Å². The number of nitriles is 1. The lowest BCUT2D eigenvalue weighted by Gasteiger charge is -2.09. The van der Waals surface area contributed by atoms with Crippen LogP contribution in [0.25, 0.3) is 0 Å². The van der Waals surface area contributed by atoms with Gasteiger partial charge in [-0.3, -0.25) is 0 Å². The minimum atomic E-state index is 0.363. The first-order valence-corrected chi connectivity index (χ1v) is 5.49.